The van der Waals surface area contributed by atoms with Gasteiger partial charge in [-0.15, -0.1) is 17.5 Å². The van der Waals surface area contributed by atoms with E-state index in [0.29, 0.717) is 16.7 Å². The minimum Gasteiger partial charge on any atom is -0.367 e. The van der Waals surface area contributed by atoms with Crippen molar-refractivity contribution in [2.75, 3.05) is 5.01 Å². The smallest absolute Gasteiger partial charge is 0.192 e. The normalized spacial score (nSPS) is 17.7. The Kier molecular flexibility index (Phi) is 3.84. The van der Waals surface area contributed by atoms with E-state index in [2.05, 4.69) is 25.7 Å². The van der Waals surface area contributed by atoms with Gasteiger partial charge in [-0.1, -0.05) is 16.8 Å². The number of hydrazine groups is 1. The van der Waals surface area contributed by atoms with Gasteiger partial charge >= 0.3 is 0 Å². The highest BCUT2D eigenvalue weighted by atomic mass is 35.5. The molecule has 0 spiro atoms. The molecule has 0 radical (unpaired) electrons. The number of aliphatic hydroxyl groups is 1. The molecule has 0 amide bonds. The number of nitrogens with one attached hydrogen (secondary N) is 1. The van der Waals surface area contributed by atoms with Crippen LogP contribution in [0.15, 0.2) is 31.0 Å². The summed E-state index contributed by atoms with van der Waals surface area (Å²) in [7, 11) is 0. The molecule has 19 heavy (non-hydrogen) atoms. The zero-order chi connectivity index (χ0) is 12.5. The molecule has 0 aromatic carbocycles. The van der Waals surface area contributed by atoms with E-state index in [4.69, 9.17) is 11.6 Å². The van der Waals surface area contributed by atoms with Gasteiger partial charge in [0.1, 0.15) is 17.2 Å². The van der Waals surface area contributed by atoms with Crippen molar-refractivity contribution < 1.29 is 5.11 Å². The van der Waals surface area contributed by atoms with E-state index in [1.165, 1.54) is 28.3 Å². The van der Waals surface area contributed by atoms with E-state index in [1.54, 1.807) is 12.4 Å². The fraction of sp³-hybridized carbons (Fsp3) is 0.111. The molecule has 3 rings (SSSR count). The van der Waals surface area contributed by atoms with E-state index < -0.39 is 6.23 Å². The van der Waals surface area contributed by atoms with E-state index in [0.717, 1.165) is 0 Å². The first kappa shape index (κ1) is 13.5. The highest BCUT2D eigenvalue weighted by Gasteiger charge is 2.28. The molecule has 100 valence electrons. The van der Waals surface area contributed by atoms with Crippen molar-refractivity contribution in [3.8, 4) is 0 Å². The van der Waals surface area contributed by atoms with Gasteiger partial charge in [-0.3, -0.25) is 5.43 Å². The van der Waals surface area contributed by atoms with Crippen LogP contribution in [-0.4, -0.2) is 36.3 Å². The summed E-state index contributed by atoms with van der Waals surface area (Å²) in [6.45, 7) is 0. The molecule has 1 aliphatic rings. The molecule has 2 aromatic rings. The number of rotatable bonds is 2. The van der Waals surface area contributed by atoms with Crippen molar-refractivity contribution >= 4 is 35.5 Å². The van der Waals surface area contributed by atoms with Crippen LogP contribution in [0.5, 0.6) is 0 Å². The number of hydrogen-bond donors (Lipinski definition) is 2. The third-order valence-electron chi connectivity index (χ3n) is 2.41. The van der Waals surface area contributed by atoms with Gasteiger partial charge in [-0.2, -0.15) is 0 Å². The van der Waals surface area contributed by atoms with Crippen molar-refractivity contribution in [2.45, 2.75) is 6.23 Å². The topological polar surface area (TPSA) is 92.0 Å². The summed E-state index contributed by atoms with van der Waals surface area (Å²) in [6.07, 6.45) is 5.14. The van der Waals surface area contributed by atoms with Crippen LogP contribution in [0.4, 0.5) is 5.82 Å². The van der Waals surface area contributed by atoms with Gasteiger partial charge in [0, 0.05) is 12.3 Å². The maximum atomic E-state index is 10.2. The lowest BCUT2D eigenvalue weighted by molar-refractivity contribution is 0.219. The predicted molar refractivity (Wildman–Crippen MR) is 70.2 cm³/mol. The summed E-state index contributed by atoms with van der Waals surface area (Å²) in [6, 6.07) is 1.54. The van der Waals surface area contributed by atoms with Gasteiger partial charge in [-0.25, -0.2) is 19.7 Å². The minimum atomic E-state index is -0.947. The molecule has 0 saturated heterocycles. The van der Waals surface area contributed by atoms with Crippen LogP contribution >= 0.6 is 24.0 Å². The molecule has 0 bridgehead atoms. The van der Waals surface area contributed by atoms with Crippen LogP contribution in [0.25, 0.3) is 5.70 Å². The zero-order valence-corrected chi connectivity index (χ0v) is 11.0. The molecule has 1 aliphatic heterocycles. The van der Waals surface area contributed by atoms with Crippen LogP contribution in [0.2, 0.25) is 5.15 Å². The number of aliphatic hydroxyl groups excluding tert-OH is 1. The SMILES string of the molecule is Cl.OC1C(n2ccnn2)=CNN1c1cc(Cl)ncn1. The van der Waals surface area contributed by atoms with Crippen LogP contribution in [-0.2, 0) is 0 Å². The van der Waals surface area contributed by atoms with Gasteiger partial charge in [0.25, 0.3) is 0 Å². The quantitative estimate of drug-likeness (QED) is 0.770. The molecule has 1 unspecified atom stereocenters. The van der Waals surface area contributed by atoms with Crippen molar-refractivity contribution in [3.05, 3.63) is 36.1 Å². The van der Waals surface area contributed by atoms with Gasteiger partial charge in [0.15, 0.2) is 12.0 Å². The number of anilines is 1. The van der Waals surface area contributed by atoms with Crippen LogP contribution in [0.1, 0.15) is 0 Å². The first-order valence-electron chi connectivity index (χ1n) is 5.03. The fourth-order valence-electron chi connectivity index (χ4n) is 1.59. The average molecular weight is 302 g/mol. The van der Waals surface area contributed by atoms with Crippen molar-refractivity contribution in [3.63, 3.8) is 0 Å². The second-order valence-corrected chi connectivity index (χ2v) is 3.88. The Morgan fingerprint density at radius 3 is 2.89 bits per heavy atom. The first-order chi connectivity index (χ1) is 8.75. The molecule has 0 aliphatic carbocycles. The molecule has 1 atom stereocenters. The predicted octanol–water partition coefficient (Wildman–Crippen LogP) is 0.285. The summed E-state index contributed by atoms with van der Waals surface area (Å²) < 4.78 is 1.46. The number of halogens is 2. The second kappa shape index (κ2) is 5.39. The van der Waals surface area contributed by atoms with Crippen molar-refractivity contribution in [1.82, 2.24) is 30.4 Å². The van der Waals surface area contributed by atoms with Gasteiger partial charge in [0.2, 0.25) is 0 Å². The maximum Gasteiger partial charge on any atom is 0.192 e. The lowest BCUT2D eigenvalue weighted by Gasteiger charge is -2.22. The monoisotopic (exact) mass is 301 g/mol. The highest BCUT2D eigenvalue weighted by Crippen LogP contribution is 2.22. The Balaban J connectivity index is 0.00000133. The van der Waals surface area contributed by atoms with Crippen LogP contribution in [0, 0.1) is 0 Å². The number of hydrogen-bond acceptors (Lipinski definition) is 7. The summed E-state index contributed by atoms with van der Waals surface area (Å²) in [5.74, 6) is 0.453. The molecule has 2 aromatic heterocycles. The molecular formula is C9H9Cl2N7O. The Hall–Kier alpha value is -1.90. The Bertz CT molecular complexity index is 588. The number of nitrogens with zero attached hydrogens (tertiary/aromatic N) is 6. The van der Waals surface area contributed by atoms with Gasteiger partial charge < -0.3 is 5.11 Å². The summed E-state index contributed by atoms with van der Waals surface area (Å²) in [5, 5.41) is 19.4. The van der Waals surface area contributed by atoms with E-state index in [1.807, 2.05) is 0 Å². The third kappa shape index (κ3) is 2.46. The third-order valence-corrected chi connectivity index (χ3v) is 2.62. The molecule has 2 N–H and O–H groups in total. The zero-order valence-electron chi connectivity index (χ0n) is 9.38. The first-order valence-corrected chi connectivity index (χ1v) is 5.41. The molecule has 0 fully saturated rings. The van der Waals surface area contributed by atoms with Gasteiger partial charge in [0.05, 0.1) is 12.4 Å². The van der Waals surface area contributed by atoms with Crippen molar-refractivity contribution in [2.24, 2.45) is 0 Å². The van der Waals surface area contributed by atoms with E-state index in [9.17, 15) is 5.11 Å². The maximum absolute atomic E-state index is 10.2. The molecule has 3 heterocycles. The van der Waals surface area contributed by atoms with Crippen LogP contribution in [0.3, 0.4) is 0 Å². The standard InChI is InChI=1S/C9H8ClN7O.ClH/c10-7-3-8(12-5-11-7)17-9(18)6(4-14-17)16-2-1-13-15-16;/h1-5,9,14,18H;1H. The highest BCUT2D eigenvalue weighted by molar-refractivity contribution is 6.29. The largest absolute Gasteiger partial charge is 0.367 e. The molecule has 8 nitrogen and oxygen atoms in total. The minimum absolute atomic E-state index is 0. The summed E-state index contributed by atoms with van der Waals surface area (Å²) in [4.78, 5) is 7.80. The average Bonchev–Trinajstić information content (AvgIpc) is 2.97. The van der Waals surface area contributed by atoms with Crippen LogP contribution < -0.4 is 10.4 Å². The van der Waals surface area contributed by atoms with Gasteiger partial charge in [-0.05, 0) is 0 Å². The lowest BCUT2D eigenvalue weighted by atomic mass is 10.4. The van der Waals surface area contributed by atoms with E-state index >= 15 is 0 Å². The Labute approximate surface area is 119 Å². The second-order valence-electron chi connectivity index (χ2n) is 3.49. The number of aromatic nitrogens is 5. The fourth-order valence-corrected chi connectivity index (χ4v) is 1.73. The molecule has 10 heteroatoms. The summed E-state index contributed by atoms with van der Waals surface area (Å²) in [5.41, 5.74) is 3.40. The lowest BCUT2D eigenvalue weighted by Crippen LogP contribution is -2.39. The summed E-state index contributed by atoms with van der Waals surface area (Å²) >= 11 is 5.78. The Morgan fingerprint density at radius 2 is 2.21 bits per heavy atom. The van der Waals surface area contributed by atoms with E-state index in [-0.39, 0.29) is 12.4 Å². The molecule has 0 saturated carbocycles. The van der Waals surface area contributed by atoms with Crippen molar-refractivity contribution in [1.29, 1.82) is 0 Å². The molecular weight excluding hydrogens is 293 g/mol. The Morgan fingerprint density at radius 1 is 1.37 bits per heavy atom.